The maximum absolute atomic E-state index is 12.5. The van der Waals surface area contributed by atoms with Gasteiger partial charge in [0.1, 0.15) is 5.84 Å². The standard InChI is InChI=1S/C21H17N3O3.CH4O3S/c22-19(23)16-11-12-18(27-21(26)15-9-5-2-6-10-15)17(13-16)24-20(25)14-7-3-1-4-8-14;1-5(2,3)4/h1-13H,(H3,22,23)(H,24,25);1H3,(H,2,3,4). The Balaban J connectivity index is 0.000000654. The molecular formula is C22H21N3O6S. The van der Waals surface area contributed by atoms with Crippen molar-refractivity contribution in [2.75, 3.05) is 11.6 Å². The summed E-state index contributed by atoms with van der Waals surface area (Å²) in [6.45, 7) is 0. The molecule has 9 nitrogen and oxygen atoms in total. The number of amidine groups is 1. The largest absolute Gasteiger partial charge is 0.421 e. The van der Waals surface area contributed by atoms with Crippen molar-refractivity contribution in [1.29, 1.82) is 5.41 Å². The molecule has 3 aromatic rings. The van der Waals surface area contributed by atoms with E-state index >= 15 is 0 Å². The summed E-state index contributed by atoms with van der Waals surface area (Å²) in [6, 6.07) is 21.7. The van der Waals surface area contributed by atoms with Crippen LogP contribution in [0.4, 0.5) is 5.69 Å². The van der Waals surface area contributed by atoms with E-state index in [4.69, 9.17) is 20.4 Å². The molecule has 0 aliphatic carbocycles. The van der Waals surface area contributed by atoms with E-state index in [1.165, 1.54) is 12.1 Å². The third-order valence-electron chi connectivity index (χ3n) is 3.79. The molecule has 0 bridgehead atoms. The van der Waals surface area contributed by atoms with Crippen LogP contribution < -0.4 is 15.8 Å². The summed E-state index contributed by atoms with van der Waals surface area (Å²) in [5.41, 5.74) is 7.01. The zero-order chi connectivity index (χ0) is 23.7. The van der Waals surface area contributed by atoms with Crippen LogP contribution in [0.15, 0.2) is 78.9 Å². The molecule has 3 aromatic carbocycles. The molecule has 0 fully saturated rings. The quantitative estimate of drug-likeness (QED) is 0.151. The number of nitrogens with two attached hydrogens (primary N) is 1. The average molecular weight is 455 g/mol. The summed E-state index contributed by atoms with van der Waals surface area (Å²) in [5, 5.41) is 10.3. The lowest BCUT2D eigenvalue weighted by Gasteiger charge is -2.13. The summed E-state index contributed by atoms with van der Waals surface area (Å²) in [6.07, 6.45) is 0.715. The Morgan fingerprint density at radius 2 is 1.41 bits per heavy atom. The van der Waals surface area contributed by atoms with E-state index in [-0.39, 0.29) is 23.2 Å². The number of benzene rings is 3. The summed E-state index contributed by atoms with van der Waals surface area (Å²) < 4.78 is 31.3. The van der Waals surface area contributed by atoms with Gasteiger partial charge in [0.15, 0.2) is 5.75 Å². The van der Waals surface area contributed by atoms with Crippen molar-refractivity contribution < 1.29 is 27.3 Å². The number of hydrogen-bond acceptors (Lipinski definition) is 6. The van der Waals surface area contributed by atoms with Crippen molar-refractivity contribution in [2.45, 2.75) is 0 Å². The van der Waals surface area contributed by atoms with Crippen LogP contribution in [0.3, 0.4) is 0 Å². The predicted molar refractivity (Wildman–Crippen MR) is 121 cm³/mol. The van der Waals surface area contributed by atoms with Gasteiger partial charge in [0, 0.05) is 11.1 Å². The molecule has 0 saturated carbocycles. The van der Waals surface area contributed by atoms with Crippen LogP contribution in [0.1, 0.15) is 26.3 Å². The molecule has 10 heteroatoms. The van der Waals surface area contributed by atoms with Gasteiger partial charge in [-0.2, -0.15) is 8.42 Å². The van der Waals surface area contributed by atoms with Gasteiger partial charge in [-0.3, -0.25) is 14.8 Å². The lowest BCUT2D eigenvalue weighted by molar-refractivity contribution is 0.0734. The fourth-order valence-corrected chi connectivity index (χ4v) is 2.40. The summed E-state index contributed by atoms with van der Waals surface area (Å²) in [7, 11) is -3.67. The molecule has 0 spiro atoms. The van der Waals surface area contributed by atoms with Crippen LogP contribution in [0.2, 0.25) is 0 Å². The van der Waals surface area contributed by atoms with Crippen molar-refractivity contribution in [1.82, 2.24) is 0 Å². The van der Waals surface area contributed by atoms with Crippen LogP contribution in [-0.2, 0) is 10.1 Å². The number of amides is 1. The van der Waals surface area contributed by atoms with E-state index in [9.17, 15) is 18.0 Å². The van der Waals surface area contributed by atoms with Crippen LogP contribution in [0.5, 0.6) is 5.75 Å². The lowest BCUT2D eigenvalue weighted by atomic mass is 10.1. The van der Waals surface area contributed by atoms with Gasteiger partial charge < -0.3 is 15.8 Å². The van der Waals surface area contributed by atoms with Gasteiger partial charge in [-0.25, -0.2) is 4.79 Å². The fourth-order valence-electron chi connectivity index (χ4n) is 2.40. The molecule has 0 radical (unpaired) electrons. The van der Waals surface area contributed by atoms with Crippen LogP contribution in [0, 0.1) is 5.41 Å². The molecule has 0 aliphatic rings. The minimum absolute atomic E-state index is 0.161. The minimum Gasteiger partial charge on any atom is -0.421 e. The smallest absolute Gasteiger partial charge is 0.343 e. The maximum Gasteiger partial charge on any atom is 0.343 e. The molecule has 1 amide bonds. The lowest BCUT2D eigenvalue weighted by Crippen LogP contribution is -2.17. The number of nitrogens with one attached hydrogen (secondary N) is 2. The highest BCUT2D eigenvalue weighted by molar-refractivity contribution is 7.85. The molecule has 32 heavy (non-hydrogen) atoms. The third-order valence-corrected chi connectivity index (χ3v) is 3.79. The van der Waals surface area contributed by atoms with E-state index in [1.54, 1.807) is 66.7 Å². The van der Waals surface area contributed by atoms with Crippen molar-refractivity contribution >= 4 is 33.5 Å². The van der Waals surface area contributed by atoms with Gasteiger partial charge in [-0.1, -0.05) is 36.4 Å². The number of nitrogen functional groups attached to an aromatic ring is 1. The zero-order valence-electron chi connectivity index (χ0n) is 17.0. The highest BCUT2D eigenvalue weighted by Crippen LogP contribution is 2.27. The molecule has 3 rings (SSSR count). The van der Waals surface area contributed by atoms with Gasteiger partial charge in [0.25, 0.3) is 16.0 Å². The minimum atomic E-state index is -3.67. The van der Waals surface area contributed by atoms with Gasteiger partial charge in [-0.15, -0.1) is 0 Å². The number of carbonyl (C=O) groups is 2. The van der Waals surface area contributed by atoms with Gasteiger partial charge in [0.2, 0.25) is 0 Å². The first kappa shape index (κ1) is 24.3. The van der Waals surface area contributed by atoms with Crippen molar-refractivity contribution in [3.63, 3.8) is 0 Å². The average Bonchev–Trinajstić information content (AvgIpc) is 2.74. The van der Waals surface area contributed by atoms with E-state index in [2.05, 4.69) is 5.32 Å². The molecule has 0 heterocycles. The second-order valence-electron chi connectivity index (χ2n) is 6.43. The number of ether oxygens (including phenoxy) is 1. The molecular weight excluding hydrogens is 434 g/mol. The van der Waals surface area contributed by atoms with Crippen LogP contribution >= 0.6 is 0 Å². The van der Waals surface area contributed by atoms with Crippen LogP contribution in [0.25, 0.3) is 0 Å². The van der Waals surface area contributed by atoms with E-state index < -0.39 is 16.1 Å². The van der Waals surface area contributed by atoms with E-state index in [0.29, 0.717) is 22.9 Å². The number of hydrogen-bond donors (Lipinski definition) is 4. The van der Waals surface area contributed by atoms with Gasteiger partial charge in [-0.05, 0) is 42.5 Å². The highest BCUT2D eigenvalue weighted by atomic mass is 32.2. The Hall–Kier alpha value is -4.02. The number of esters is 1. The van der Waals surface area contributed by atoms with Crippen LogP contribution in [-0.4, -0.2) is 36.9 Å². The molecule has 5 N–H and O–H groups in total. The number of anilines is 1. The Kier molecular flexibility index (Phi) is 8.22. The normalized spacial score (nSPS) is 10.3. The van der Waals surface area contributed by atoms with Gasteiger partial charge >= 0.3 is 5.97 Å². The first-order valence-electron chi connectivity index (χ1n) is 9.09. The first-order chi connectivity index (χ1) is 15.0. The monoisotopic (exact) mass is 455 g/mol. The second-order valence-corrected chi connectivity index (χ2v) is 7.90. The maximum atomic E-state index is 12.5. The highest BCUT2D eigenvalue weighted by Gasteiger charge is 2.15. The molecule has 0 aliphatic heterocycles. The van der Waals surface area contributed by atoms with Crippen molar-refractivity contribution in [2.24, 2.45) is 5.73 Å². The molecule has 0 unspecified atom stereocenters. The van der Waals surface area contributed by atoms with Crippen molar-refractivity contribution in [3.05, 3.63) is 95.6 Å². The number of rotatable bonds is 5. The molecule has 0 atom stereocenters. The Morgan fingerprint density at radius 1 is 0.906 bits per heavy atom. The second kappa shape index (κ2) is 10.8. The summed E-state index contributed by atoms with van der Waals surface area (Å²) >= 11 is 0. The first-order valence-corrected chi connectivity index (χ1v) is 10.9. The molecule has 166 valence electrons. The number of carbonyl (C=O) groups excluding carboxylic acids is 2. The fraction of sp³-hybridized carbons (Fsp3) is 0.0455. The molecule has 0 saturated heterocycles. The Bertz CT molecular complexity index is 1200. The van der Waals surface area contributed by atoms with Crippen molar-refractivity contribution in [3.8, 4) is 5.75 Å². The van der Waals surface area contributed by atoms with E-state index in [1.807, 2.05) is 0 Å². The zero-order valence-corrected chi connectivity index (χ0v) is 17.8. The predicted octanol–water partition coefficient (Wildman–Crippen LogP) is 2.95. The Morgan fingerprint density at radius 3 is 1.91 bits per heavy atom. The summed E-state index contributed by atoms with van der Waals surface area (Å²) in [5.74, 6) is -0.918. The SMILES string of the molecule is CS(=O)(=O)O.N=C(N)c1ccc(OC(=O)c2ccccc2)c(NC(=O)c2ccccc2)c1. The summed E-state index contributed by atoms with van der Waals surface area (Å²) in [4.78, 5) is 24.8. The Labute approximate surface area is 185 Å². The topological polar surface area (TPSA) is 160 Å². The van der Waals surface area contributed by atoms with Gasteiger partial charge in [0.05, 0.1) is 17.5 Å². The molecule has 0 aromatic heterocycles. The van der Waals surface area contributed by atoms with E-state index in [0.717, 1.165) is 0 Å². The third kappa shape index (κ3) is 8.01.